The molecule has 5 heteroatoms. The molecule has 0 aromatic heterocycles. The van der Waals surface area contributed by atoms with Gasteiger partial charge in [-0.3, -0.25) is 4.79 Å². The van der Waals surface area contributed by atoms with Crippen molar-refractivity contribution in [1.82, 2.24) is 5.32 Å². The van der Waals surface area contributed by atoms with E-state index in [-0.39, 0.29) is 23.5 Å². The molecule has 0 bridgehead atoms. The Morgan fingerprint density at radius 3 is 2.53 bits per heavy atom. The van der Waals surface area contributed by atoms with E-state index in [9.17, 15) is 15.0 Å². The Hall–Kier alpha value is -1.75. The van der Waals surface area contributed by atoms with E-state index >= 15 is 0 Å². The molecule has 0 aliphatic carbocycles. The lowest BCUT2D eigenvalue weighted by Gasteiger charge is -2.14. The minimum Gasteiger partial charge on any atom is -0.508 e. The summed E-state index contributed by atoms with van der Waals surface area (Å²) in [5.74, 6) is -0.114. The molecule has 0 aliphatic heterocycles. The van der Waals surface area contributed by atoms with Crippen molar-refractivity contribution in [2.75, 3.05) is 13.2 Å². The Balaban J connectivity index is 2.35. The molecule has 3 N–H and O–H groups in total. The van der Waals surface area contributed by atoms with Crippen LogP contribution < -0.4 is 5.32 Å². The molecule has 0 radical (unpaired) electrons. The average molecular weight is 267 g/mol. The first-order valence-electron chi connectivity index (χ1n) is 6.45. The Morgan fingerprint density at radius 1 is 1.32 bits per heavy atom. The van der Waals surface area contributed by atoms with E-state index in [1.54, 1.807) is 19.1 Å². The molecular formula is C14H21NO4. The molecule has 0 heterocycles. The fourth-order valence-electron chi connectivity index (χ4n) is 1.77. The largest absolute Gasteiger partial charge is 0.508 e. The van der Waals surface area contributed by atoms with Crippen LogP contribution in [0.3, 0.4) is 0 Å². The molecule has 0 amide bonds. The van der Waals surface area contributed by atoms with Gasteiger partial charge in [-0.1, -0.05) is 0 Å². The Bertz CT molecular complexity index is 400. The van der Waals surface area contributed by atoms with E-state index in [4.69, 9.17) is 4.74 Å². The smallest absolute Gasteiger partial charge is 0.305 e. The molecule has 0 spiro atoms. The number of esters is 1. The van der Waals surface area contributed by atoms with Crippen LogP contribution in [-0.2, 0) is 9.53 Å². The Morgan fingerprint density at radius 2 is 1.95 bits per heavy atom. The molecule has 1 atom stereocenters. The highest BCUT2D eigenvalue weighted by Crippen LogP contribution is 2.24. The quantitative estimate of drug-likeness (QED) is 0.521. The van der Waals surface area contributed by atoms with Crippen LogP contribution in [0.4, 0.5) is 0 Å². The van der Waals surface area contributed by atoms with Crippen LogP contribution in [0.25, 0.3) is 0 Å². The molecule has 0 fully saturated rings. The van der Waals surface area contributed by atoms with Crippen LogP contribution in [0.15, 0.2) is 18.2 Å². The number of phenols is 2. The SMILES string of the molecule is CCOC(=O)CCCNC(C)c1cc(O)cc(O)c1. The van der Waals surface area contributed by atoms with Crippen LogP contribution in [0.5, 0.6) is 11.5 Å². The summed E-state index contributed by atoms with van der Waals surface area (Å²) in [5, 5.41) is 22.0. The molecule has 1 aromatic rings. The number of ether oxygens (including phenoxy) is 1. The van der Waals surface area contributed by atoms with Gasteiger partial charge in [-0.15, -0.1) is 0 Å². The summed E-state index contributed by atoms with van der Waals surface area (Å²) in [5.41, 5.74) is 0.800. The molecule has 0 aliphatic rings. The van der Waals surface area contributed by atoms with Gasteiger partial charge in [0.05, 0.1) is 6.61 Å². The maximum atomic E-state index is 11.1. The predicted octanol–water partition coefficient (Wildman–Crippen LogP) is 2.09. The van der Waals surface area contributed by atoms with Crippen LogP contribution in [-0.4, -0.2) is 29.3 Å². The maximum absolute atomic E-state index is 11.1. The van der Waals surface area contributed by atoms with E-state index in [1.165, 1.54) is 6.07 Å². The molecular weight excluding hydrogens is 246 g/mol. The average Bonchev–Trinajstić information content (AvgIpc) is 2.33. The van der Waals surface area contributed by atoms with Crippen molar-refractivity contribution in [2.45, 2.75) is 32.7 Å². The number of aromatic hydroxyl groups is 2. The summed E-state index contributed by atoms with van der Waals surface area (Å²) >= 11 is 0. The Kier molecular flexibility index (Phi) is 6.15. The highest BCUT2D eigenvalue weighted by Gasteiger charge is 2.08. The van der Waals surface area contributed by atoms with Gasteiger partial charge in [0.15, 0.2) is 0 Å². The Labute approximate surface area is 113 Å². The van der Waals surface area contributed by atoms with Gasteiger partial charge >= 0.3 is 5.97 Å². The maximum Gasteiger partial charge on any atom is 0.305 e. The zero-order valence-electron chi connectivity index (χ0n) is 11.3. The van der Waals surface area contributed by atoms with Crippen LogP contribution in [0.1, 0.15) is 38.3 Å². The van der Waals surface area contributed by atoms with Crippen molar-refractivity contribution >= 4 is 5.97 Å². The molecule has 1 rings (SSSR count). The lowest BCUT2D eigenvalue weighted by molar-refractivity contribution is -0.143. The summed E-state index contributed by atoms with van der Waals surface area (Å²) in [6.07, 6.45) is 1.08. The van der Waals surface area contributed by atoms with Crippen molar-refractivity contribution in [3.05, 3.63) is 23.8 Å². The number of carbonyl (C=O) groups is 1. The number of benzene rings is 1. The summed E-state index contributed by atoms with van der Waals surface area (Å²) in [7, 11) is 0. The number of nitrogens with one attached hydrogen (secondary N) is 1. The normalized spacial score (nSPS) is 12.1. The fraction of sp³-hybridized carbons (Fsp3) is 0.500. The lowest BCUT2D eigenvalue weighted by atomic mass is 10.1. The number of hydrogen-bond acceptors (Lipinski definition) is 5. The van der Waals surface area contributed by atoms with Crippen molar-refractivity contribution in [1.29, 1.82) is 0 Å². The third-order valence-corrected chi connectivity index (χ3v) is 2.74. The van der Waals surface area contributed by atoms with Gasteiger partial charge in [-0.25, -0.2) is 0 Å². The van der Waals surface area contributed by atoms with E-state index in [1.807, 2.05) is 6.92 Å². The summed E-state index contributed by atoms with van der Waals surface area (Å²) in [6.45, 7) is 4.78. The molecule has 5 nitrogen and oxygen atoms in total. The van der Waals surface area contributed by atoms with Gasteiger partial charge in [0, 0.05) is 18.5 Å². The zero-order valence-corrected chi connectivity index (χ0v) is 11.3. The van der Waals surface area contributed by atoms with Gasteiger partial charge in [-0.05, 0) is 44.5 Å². The summed E-state index contributed by atoms with van der Waals surface area (Å²) < 4.78 is 4.83. The minimum atomic E-state index is -0.188. The van der Waals surface area contributed by atoms with Crippen LogP contribution in [0.2, 0.25) is 0 Å². The van der Waals surface area contributed by atoms with Crippen molar-refractivity contribution in [3.63, 3.8) is 0 Å². The molecule has 1 aromatic carbocycles. The van der Waals surface area contributed by atoms with Gasteiger partial charge in [0.25, 0.3) is 0 Å². The highest BCUT2D eigenvalue weighted by atomic mass is 16.5. The molecule has 1 unspecified atom stereocenters. The summed E-state index contributed by atoms with van der Waals surface area (Å²) in [4.78, 5) is 11.1. The van der Waals surface area contributed by atoms with Gasteiger partial charge in [0.2, 0.25) is 0 Å². The highest BCUT2D eigenvalue weighted by molar-refractivity contribution is 5.69. The summed E-state index contributed by atoms with van der Waals surface area (Å²) in [6, 6.07) is 4.47. The second-order valence-corrected chi connectivity index (χ2v) is 4.37. The van der Waals surface area contributed by atoms with E-state index in [0.717, 1.165) is 5.56 Å². The monoisotopic (exact) mass is 267 g/mol. The number of carbonyl (C=O) groups excluding carboxylic acids is 1. The van der Waals surface area contributed by atoms with Crippen LogP contribution >= 0.6 is 0 Å². The van der Waals surface area contributed by atoms with Crippen molar-refractivity contribution in [2.24, 2.45) is 0 Å². The molecule has 0 saturated carbocycles. The van der Waals surface area contributed by atoms with Crippen molar-refractivity contribution in [3.8, 4) is 11.5 Å². The lowest BCUT2D eigenvalue weighted by Crippen LogP contribution is -2.20. The second-order valence-electron chi connectivity index (χ2n) is 4.37. The van der Waals surface area contributed by atoms with Crippen LogP contribution in [0, 0.1) is 0 Å². The predicted molar refractivity (Wildman–Crippen MR) is 72.1 cm³/mol. The van der Waals surface area contributed by atoms with E-state index in [2.05, 4.69) is 5.32 Å². The topological polar surface area (TPSA) is 78.8 Å². The first-order chi connectivity index (χ1) is 9.02. The van der Waals surface area contributed by atoms with E-state index in [0.29, 0.717) is 26.0 Å². The standard InChI is InChI=1S/C14H21NO4/c1-3-19-14(18)5-4-6-15-10(2)11-7-12(16)9-13(17)8-11/h7-10,15-17H,3-6H2,1-2H3. The molecule has 106 valence electrons. The number of rotatable bonds is 7. The van der Waals surface area contributed by atoms with E-state index < -0.39 is 0 Å². The third kappa shape index (κ3) is 5.61. The van der Waals surface area contributed by atoms with Gasteiger partial charge in [-0.2, -0.15) is 0 Å². The van der Waals surface area contributed by atoms with Gasteiger partial charge in [0.1, 0.15) is 11.5 Å². The number of hydrogen-bond donors (Lipinski definition) is 3. The third-order valence-electron chi connectivity index (χ3n) is 2.74. The first kappa shape index (κ1) is 15.3. The molecule has 0 saturated heterocycles. The number of phenolic OH excluding ortho intramolecular Hbond substituents is 2. The molecule has 19 heavy (non-hydrogen) atoms. The second kappa shape index (κ2) is 7.63. The minimum absolute atomic E-state index is 0.0137. The zero-order chi connectivity index (χ0) is 14.3. The van der Waals surface area contributed by atoms with Crippen molar-refractivity contribution < 1.29 is 19.7 Å². The van der Waals surface area contributed by atoms with Gasteiger partial charge < -0.3 is 20.3 Å². The fourth-order valence-corrected chi connectivity index (χ4v) is 1.77. The first-order valence-corrected chi connectivity index (χ1v) is 6.45.